The zero-order chi connectivity index (χ0) is 23.0. The van der Waals surface area contributed by atoms with Gasteiger partial charge in [0.25, 0.3) is 0 Å². The van der Waals surface area contributed by atoms with Gasteiger partial charge in [0.2, 0.25) is 0 Å². The molecular formula is C27H31FN4O. The molecule has 0 radical (unpaired) electrons. The van der Waals surface area contributed by atoms with Crippen LogP contribution in [0.1, 0.15) is 48.6 Å². The molecule has 0 bridgehead atoms. The van der Waals surface area contributed by atoms with E-state index in [1.54, 1.807) is 12.1 Å². The first-order valence-electron chi connectivity index (χ1n) is 11.6. The Labute approximate surface area is 194 Å². The lowest BCUT2D eigenvalue weighted by Crippen LogP contribution is -2.33. The van der Waals surface area contributed by atoms with Crippen LogP contribution in [0.15, 0.2) is 72.3 Å². The second-order valence-electron chi connectivity index (χ2n) is 8.78. The zero-order valence-corrected chi connectivity index (χ0v) is 18.7. The van der Waals surface area contributed by atoms with Gasteiger partial charge in [-0.25, -0.2) is 9.18 Å². The van der Waals surface area contributed by atoms with Gasteiger partial charge in [0.15, 0.2) is 0 Å². The Balaban J connectivity index is 1.38. The minimum Gasteiger partial charge on any atom is -0.337 e. The number of benzene rings is 2. The molecule has 2 unspecified atom stereocenters. The summed E-state index contributed by atoms with van der Waals surface area (Å²) in [6.07, 6.45) is 12.0. The highest BCUT2D eigenvalue weighted by Gasteiger charge is 2.21. The van der Waals surface area contributed by atoms with E-state index in [9.17, 15) is 9.18 Å². The lowest BCUT2D eigenvalue weighted by molar-refractivity contribution is 0.251. The van der Waals surface area contributed by atoms with Crippen LogP contribution in [0.5, 0.6) is 0 Å². The molecule has 2 aliphatic carbocycles. The van der Waals surface area contributed by atoms with Gasteiger partial charge in [-0.2, -0.15) is 0 Å². The molecule has 2 aromatic carbocycles. The summed E-state index contributed by atoms with van der Waals surface area (Å²) in [4.78, 5) is 12.4. The fourth-order valence-corrected chi connectivity index (χ4v) is 4.11. The maximum atomic E-state index is 13.1. The molecule has 2 aromatic rings. The standard InChI is InChI=1S/C27H31FN4O/c28-24-8-10-26(11-9-24)32-27(33)31-18-23(14-15-30-25-12-13-25)21-6-4-20(5-7-21)22-3-1-2-19(16-22)17-29/h1-2,4-11,16-17,22-23,25,29-30H,3,12-15,18H2,(H2,31,32,33). The molecule has 6 heteroatoms. The Kier molecular flexibility index (Phi) is 7.68. The normalized spacial score (nSPS) is 18.3. The van der Waals surface area contributed by atoms with Crippen LogP contribution in [-0.2, 0) is 0 Å². The number of amides is 2. The average Bonchev–Trinajstić information content (AvgIpc) is 3.67. The van der Waals surface area contributed by atoms with Crippen molar-refractivity contribution in [2.45, 2.75) is 43.6 Å². The van der Waals surface area contributed by atoms with Gasteiger partial charge in [0.1, 0.15) is 5.82 Å². The van der Waals surface area contributed by atoms with Gasteiger partial charge in [-0.3, -0.25) is 0 Å². The van der Waals surface area contributed by atoms with E-state index in [-0.39, 0.29) is 23.7 Å². The van der Waals surface area contributed by atoms with Crippen molar-refractivity contribution < 1.29 is 9.18 Å². The number of urea groups is 1. The van der Waals surface area contributed by atoms with Crippen LogP contribution >= 0.6 is 0 Å². The SMILES string of the molecule is N=CC1=CC(c2ccc(C(CCNC3CC3)CNC(=O)Nc3ccc(F)cc3)cc2)CC=C1. The molecule has 0 heterocycles. The molecule has 172 valence electrons. The van der Waals surface area contributed by atoms with Crippen LogP contribution < -0.4 is 16.0 Å². The minimum absolute atomic E-state index is 0.184. The fourth-order valence-electron chi connectivity index (χ4n) is 4.11. The third-order valence-electron chi connectivity index (χ3n) is 6.21. The van der Waals surface area contributed by atoms with Gasteiger partial charge in [-0.05, 0) is 73.2 Å². The monoisotopic (exact) mass is 446 g/mol. The number of carbonyl (C=O) groups is 1. The molecule has 0 spiro atoms. The van der Waals surface area contributed by atoms with E-state index >= 15 is 0 Å². The van der Waals surface area contributed by atoms with Crippen molar-refractivity contribution >= 4 is 17.9 Å². The number of rotatable bonds is 10. The van der Waals surface area contributed by atoms with Crippen LogP contribution in [0.4, 0.5) is 14.9 Å². The summed E-state index contributed by atoms with van der Waals surface area (Å²) in [5.41, 5.74) is 3.93. The van der Waals surface area contributed by atoms with Crippen LogP contribution in [0.25, 0.3) is 0 Å². The molecule has 4 rings (SSSR count). The summed E-state index contributed by atoms with van der Waals surface area (Å²) in [7, 11) is 0. The first-order chi connectivity index (χ1) is 16.1. The predicted molar refractivity (Wildman–Crippen MR) is 132 cm³/mol. The number of anilines is 1. The zero-order valence-electron chi connectivity index (χ0n) is 18.7. The average molecular weight is 447 g/mol. The molecule has 0 saturated heterocycles. The smallest absolute Gasteiger partial charge is 0.319 e. The molecule has 2 aliphatic rings. The summed E-state index contributed by atoms with van der Waals surface area (Å²) >= 11 is 0. The van der Waals surface area contributed by atoms with Crippen molar-refractivity contribution in [3.63, 3.8) is 0 Å². The van der Waals surface area contributed by atoms with Crippen molar-refractivity contribution in [1.82, 2.24) is 10.6 Å². The van der Waals surface area contributed by atoms with E-state index in [2.05, 4.69) is 52.4 Å². The maximum absolute atomic E-state index is 13.1. The third-order valence-corrected chi connectivity index (χ3v) is 6.21. The van der Waals surface area contributed by atoms with Crippen molar-refractivity contribution in [1.29, 1.82) is 5.41 Å². The lowest BCUT2D eigenvalue weighted by atomic mass is 9.87. The van der Waals surface area contributed by atoms with Crippen LogP contribution in [0, 0.1) is 11.2 Å². The van der Waals surface area contributed by atoms with E-state index in [4.69, 9.17) is 5.41 Å². The lowest BCUT2D eigenvalue weighted by Gasteiger charge is -2.21. The Morgan fingerprint density at radius 3 is 2.58 bits per heavy atom. The first kappa shape index (κ1) is 22.9. The van der Waals surface area contributed by atoms with Crippen LogP contribution in [-0.4, -0.2) is 31.4 Å². The highest BCUT2D eigenvalue weighted by molar-refractivity contribution is 5.89. The molecule has 0 aliphatic heterocycles. The largest absolute Gasteiger partial charge is 0.337 e. The molecule has 1 saturated carbocycles. The number of allylic oxidation sites excluding steroid dienone is 4. The van der Waals surface area contributed by atoms with E-state index in [1.807, 2.05) is 6.08 Å². The van der Waals surface area contributed by atoms with Crippen molar-refractivity contribution in [3.8, 4) is 0 Å². The van der Waals surface area contributed by atoms with Gasteiger partial charge in [0.05, 0.1) is 0 Å². The summed E-state index contributed by atoms with van der Waals surface area (Å²) in [6, 6.07) is 14.7. The van der Waals surface area contributed by atoms with Crippen LogP contribution in [0.3, 0.4) is 0 Å². The van der Waals surface area contributed by atoms with E-state index in [1.165, 1.54) is 42.3 Å². The van der Waals surface area contributed by atoms with E-state index in [0.717, 1.165) is 25.0 Å². The molecule has 0 aromatic heterocycles. The van der Waals surface area contributed by atoms with E-state index in [0.29, 0.717) is 18.3 Å². The highest BCUT2D eigenvalue weighted by atomic mass is 19.1. The molecule has 4 N–H and O–H groups in total. The number of carbonyl (C=O) groups excluding carboxylic acids is 1. The minimum atomic E-state index is -0.332. The van der Waals surface area contributed by atoms with E-state index < -0.39 is 0 Å². The summed E-state index contributed by atoms with van der Waals surface area (Å²) < 4.78 is 13.1. The van der Waals surface area contributed by atoms with Gasteiger partial charge in [-0.15, -0.1) is 0 Å². The topological polar surface area (TPSA) is 77.0 Å². The van der Waals surface area contributed by atoms with Gasteiger partial charge < -0.3 is 21.4 Å². The second kappa shape index (κ2) is 11.1. The van der Waals surface area contributed by atoms with Crippen molar-refractivity contribution in [2.24, 2.45) is 0 Å². The van der Waals surface area contributed by atoms with Crippen molar-refractivity contribution in [3.05, 3.63) is 89.3 Å². The Morgan fingerprint density at radius 2 is 1.88 bits per heavy atom. The van der Waals surface area contributed by atoms with Gasteiger partial charge in [0, 0.05) is 36.3 Å². The fraction of sp³-hybridized carbons (Fsp3) is 0.333. The number of nitrogens with one attached hydrogen (secondary N) is 4. The Hall–Kier alpha value is -3.25. The quantitative estimate of drug-likeness (QED) is 0.364. The Morgan fingerprint density at radius 1 is 1.12 bits per heavy atom. The molecule has 2 amide bonds. The molecule has 1 fully saturated rings. The van der Waals surface area contributed by atoms with Gasteiger partial charge >= 0.3 is 6.03 Å². The third kappa shape index (κ3) is 6.86. The second-order valence-corrected chi connectivity index (χ2v) is 8.78. The molecule has 33 heavy (non-hydrogen) atoms. The number of hydrogen-bond donors (Lipinski definition) is 4. The summed E-state index contributed by atoms with van der Waals surface area (Å²) in [5.74, 6) is 0.139. The molecular weight excluding hydrogens is 415 g/mol. The number of halogens is 1. The summed E-state index contributed by atoms with van der Waals surface area (Å²) in [6.45, 7) is 1.43. The molecule has 5 nitrogen and oxygen atoms in total. The van der Waals surface area contributed by atoms with Gasteiger partial charge in [-0.1, -0.05) is 42.5 Å². The first-order valence-corrected chi connectivity index (χ1v) is 11.6. The van der Waals surface area contributed by atoms with Crippen molar-refractivity contribution in [2.75, 3.05) is 18.4 Å². The summed E-state index contributed by atoms with van der Waals surface area (Å²) in [5, 5.41) is 16.8. The number of hydrogen-bond acceptors (Lipinski definition) is 3. The van der Waals surface area contributed by atoms with Crippen LogP contribution in [0.2, 0.25) is 0 Å². The molecule has 2 atom stereocenters. The highest BCUT2D eigenvalue weighted by Crippen LogP contribution is 2.29. The Bertz CT molecular complexity index is 1010. The maximum Gasteiger partial charge on any atom is 0.319 e. The predicted octanol–water partition coefficient (Wildman–Crippen LogP) is 5.49.